The van der Waals surface area contributed by atoms with E-state index in [1.54, 1.807) is 20.8 Å². The largest absolute Gasteiger partial charge is 0.457 e. The molecule has 5 heteroatoms. The van der Waals surface area contributed by atoms with Crippen molar-refractivity contribution in [2.24, 2.45) is 0 Å². The highest BCUT2D eigenvalue weighted by atomic mass is 35.5. The van der Waals surface area contributed by atoms with E-state index in [9.17, 15) is 9.18 Å². The Bertz CT molecular complexity index is 452. The van der Waals surface area contributed by atoms with Crippen LogP contribution in [0.3, 0.4) is 0 Å². The summed E-state index contributed by atoms with van der Waals surface area (Å²) in [5, 5.41) is -0.0696. The monoisotopic (exact) mass is 257 g/mol. The van der Waals surface area contributed by atoms with Crippen LogP contribution in [0.5, 0.6) is 0 Å². The number of carbonyl (C=O) groups is 1. The molecule has 3 nitrogen and oxygen atoms in total. The fourth-order valence-electron chi connectivity index (χ4n) is 1.04. The lowest BCUT2D eigenvalue weighted by Crippen LogP contribution is -2.22. The molecule has 0 spiro atoms. The van der Waals surface area contributed by atoms with E-state index in [4.69, 9.17) is 16.3 Å². The van der Waals surface area contributed by atoms with E-state index in [2.05, 4.69) is 4.98 Å². The zero-order chi connectivity index (χ0) is 13.1. The molecule has 0 saturated carbocycles. The van der Waals surface area contributed by atoms with E-state index in [0.717, 1.165) is 6.20 Å². The van der Waals surface area contributed by atoms with Gasteiger partial charge in [0.05, 0.1) is 11.2 Å². The summed E-state index contributed by atoms with van der Waals surface area (Å²) in [5.74, 6) is -1.14. The topological polar surface area (TPSA) is 39.2 Å². The van der Waals surface area contributed by atoms with Crippen LogP contribution in [-0.4, -0.2) is 16.6 Å². The first-order valence-corrected chi connectivity index (χ1v) is 5.37. The van der Waals surface area contributed by atoms with Gasteiger partial charge in [0.15, 0.2) is 5.82 Å². The highest BCUT2D eigenvalue weighted by Gasteiger charge is 2.14. The fraction of sp³-hybridized carbons (Fsp3) is 0.333. The summed E-state index contributed by atoms with van der Waals surface area (Å²) in [5.41, 5.74) is -0.233. The Morgan fingerprint density at radius 1 is 1.47 bits per heavy atom. The Hall–Kier alpha value is -1.42. The van der Waals surface area contributed by atoms with Crippen LogP contribution in [0.4, 0.5) is 4.39 Å². The predicted octanol–water partition coefficient (Wildman–Crippen LogP) is 3.23. The Balaban J connectivity index is 2.78. The average Bonchev–Trinajstić information content (AvgIpc) is 2.18. The van der Waals surface area contributed by atoms with Crippen LogP contribution in [0.25, 0.3) is 6.08 Å². The molecule has 0 aliphatic rings. The molecule has 1 heterocycles. The SMILES string of the molecule is CC(C)(C)OC(=O)C=Cc1cncc(F)c1Cl. The van der Waals surface area contributed by atoms with E-state index >= 15 is 0 Å². The van der Waals surface area contributed by atoms with Crippen molar-refractivity contribution in [2.45, 2.75) is 26.4 Å². The maximum Gasteiger partial charge on any atom is 0.331 e. The number of pyridine rings is 1. The minimum absolute atomic E-state index is 0.0696. The van der Waals surface area contributed by atoms with Gasteiger partial charge in [-0.3, -0.25) is 4.98 Å². The molecule has 0 atom stereocenters. The van der Waals surface area contributed by atoms with E-state index in [-0.39, 0.29) is 5.02 Å². The van der Waals surface area contributed by atoms with Crippen LogP contribution in [0.1, 0.15) is 26.3 Å². The number of nitrogens with zero attached hydrogens (tertiary/aromatic N) is 1. The van der Waals surface area contributed by atoms with Gasteiger partial charge in [0, 0.05) is 17.8 Å². The van der Waals surface area contributed by atoms with Crippen LogP contribution in [0.15, 0.2) is 18.5 Å². The maximum atomic E-state index is 13.0. The molecule has 1 rings (SSSR count). The molecule has 0 unspecified atom stereocenters. The fourth-order valence-corrected chi connectivity index (χ4v) is 1.20. The summed E-state index contributed by atoms with van der Waals surface area (Å²) in [6.07, 6.45) is 4.93. The van der Waals surface area contributed by atoms with Gasteiger partial charge in [-0.1, -0.05) is 11.6 Å². The molecule has 0 aromatic carbocycles. The van der Waals surface area contributed by atoms with Crippen molar-refractivity contribution in [3.8, 4) is 0 Å². The molecular formula is C12H13ClFNO2. The van der Waals surface area contributed by atoms with Gasteiger partial charge >= 0.3 is 5.97 Å². The first-order valence-electron chi connectivity index (χ1n) is 4.99. The Kier molecular flexibility index (Phi) is 4.23. The van der Waals surface area contributed by atoms with Crippen LogP contribution >= 0.6 is 11.6 Å². The van der Waals surface area contributed by atoms with Crippen LogP contribution < -0.4 is 0 Å². The van der Waals surface area contributed by atoms with Crippen LogP contribution in [0.2, 0.25) is 5.02 Å². The summed E-state index contributed by atoms with van der Waals surface area (Å²) < 4.78 is 18.1. The molecule has 1 aromatic rings. The second kappa shape index (κ2) is 5.27. The molecule has 0 radical (unpaired) electrons. The smallest absolute Gasteiger partial charge is 0.331 e. The van der Waals surface area contributed by atoms with Crippen molar-refractivity contribution in [3.63, 3.8) is 0 Å². The second-order valence-corrected chi connectivity index (χ2v) is 4.77. The number of hydrogen-bond donors (Lipinski definition) is 0. The van der Waals surface area contributed by atoms with E-state index in [1.807, 2.05) is 0 Å². The van der Waals surface area contributed by atoms with E-state index in [0.29, 0.717) is 5.56 Å². The van der Waals surface area contributed by atoms with Gasteiger partial charge in [0.25, 0.3) is 0 Å². The van der Waals surface area contributed by atoms with Crippen LogP contribution in [0, 0.1) is 5.82 Å². The molecular weight excluding hydrogens is 245 g/mol. The molecule has 0 aliphatic heterocycles. The number of halogens is 2. The minimum Gasteiger partial charge on any atom is -0.457 e. The van der Waals surface area contributed by atoms with E-state index in [1.165, 1.54) is 18.3 Å². The molecule has 0 amide bonds. The molecule has 0 N–H and O–H groups in total. The molecule has 17 heavy (non-hydrogen) atoms. The molecule has 1 aromatic heterocycles. The maximum absolute atomic E-state index is 13.0. The van der Waals surface area contributed by atoms with E-state index < -0.39 is 17.4 Å². The third kappa shape index (κ3) is 4.53. The normalized spacial score (nSPS) is 11.8. The third-order valence-corrected chi connectivity index (χ3v) is 2.07. The predicted molar refractivity (Wildman–Crippen MR) is 64.1 cm³/mol. The number of esters is 1. The number of aromatic nitrogens is 1. The zero-order valence-corrected chi connectivity index (χ0v) is 10.6. The Morgan fingerprint density at radius 3 is 2.71 bits per heavy atom. The van der Waals surface area contributed by atoms with Crippen molar-refractivity contribution >= 4 is 23.6 Å². The highest BCUT2D eigenvalue weighted by Crippen LogP contribution is 2.19. The number of hydrogen-bond acceptors (Lipinski definition) is 3. The highest BCUT2D eigenvalue weighted by molar-refractivity contribution is 6.32. The number of ether oxygens (including phenoxy) is 1. The minimum atomic E-state index is -0.627. The summed E-state index contributed by atoms with van der Waals surface area (Å²) in [7, 11) is 0. The number of carbonyl (C=O) groups excluding carboxylic acids is 1. The lowest BCUT2D eigenvalue weighted by Gasteiger charge is -2.17. The molecule has 0 fully saturated rings. The molecule has 0 aliphatic carbocycles. The summed E-state index contributed by atoms with van der Waals surface area (Å²) in [6.45, 7) is 5.28. The van der Waals surface area contributed by atoms with Gasteiger partial charge < -0.3 is 4.74 Å². The van der Waals surface area contributed by atoms with Crippen molar-refractivity contribution < 1.29 is 13.9 Å². The second-order valence-electron chi connectivity index (χ2n) is 4.39. The van der Waals surface area contributed by atoms with Gasteiger partial charge in [-0.15, -0.1) is 0 Å². The quantitative estimate of drug-likeness (QED) is 0.603. The van der Waals surface area contributed by atoms with Crippen molar-refractivity contribution in [2.75, 3.05) is 0 Å². The van der Waals surface area contributed by atoms with Gasteiger partial charge in [0.1, 0.15) is 5.60 Å². The molecule has 92 valence electrons. The third-order valence-electron chi connectivity index (χ3n) is 1.67. The summed E-state index contributed by atoms with van der Waals surface area (Å²) in [6, 6.07) is 0. The van der Waals surface area contributed by atoms with Gasteiger partial charge in [-0.25, -0.2) is 9.18 Å². The van der Waals surface area contributed by atoms with Crippen molar-refractivity contribution in [1.29, 1.82) is 0 Å². The average molecular weight is 258 g/mol. The van der Waals surface area contributed by atoms with Crippen LogP contribution in [-0.2, 0) is 9.53 Å². The van der Waals surface area contributed by atoms with Crippen molar-refractivity contribution in [3.05, 3.63) is 34.9 Å². The Labute approximate surface area is 104 Å². The zero-order valence-electron chi connectivity index (χ0n) is 9.83. The van der Waals surface area contributed by atoms with Gasteiger partial charge in [0.2, 0.25) is 0 Å². The molecule has 0 saturated heterocycles. The number of rotatable bonds is 2. The molecule has 0 bridgehead atoms. The lowest BCUT2D eigenvalue weighted by molar-refractivity contribution is -0.148. The van der Waals surface area contributed by atoms with Gasteiger partial charge in [-0.2, -0.15) is 0 Å². The first kappa shape index (κ1) is 13.6. The lowest BCUT2D eigenvalue weighted by atomic mass is 10.2. The van der Waals surface area contributed by atoms with Gasteiger partial charge in [-0.05, 0) is 26.8 Å². The summed E-state index contributed by atoms with van der Waals surface area (Å²) >= 11 is 5.69. The van der Waals surface area contributed by atoms with Crippen molar-refractivity contribution in [1.82, 2.24) is 4.98 Å². The standard InChI is InChI=1S/C12H13ClFNO2/c1-12(2,3)17-10(16)5-4-8-6-15-7-9(14)11(8)13/h4-7H,1-3H3. The Morgan fingerprint density at radius 2 is 2.12 bits per heavy atom. The first-order chi connectivity index (χ1) is 7.79. The summed E-state index contributed by atoms with van der Waals surface area (Å²) in [4.78, 5) is 15.0.